The van der Waals surface area contributed by atoms with Crippen LogP contribution in [-0.2, 0) is 14.2 Å². The standard InChI is InChI=1S/C15H17N3O4S/c1-15(2)21-12-11(17-18-16)10(20-14(12)22-15)8-23-13(19)9-6-4-3-5-7-9/h3-7,10-12,14H,8H2,1-2H3/t10-,11+,12-,14?/m1/s1. The molecule has 7 nitrogen and oxygen atoms in total. The summed E-state index contributed by atoms with van der Waals surface area (Å²) >= 11 is 1.14. The molecular weight excluding hydrogens is 318 g/mol. The summed E-state index contributed by atoms with van der Waals surface area (Å²) in [6.07, 6.45) is -1.44. The predicted molar refractivity (Wildman–Crippen MR) is 84.9 cm³/mol. The number of azide groups is 1. The Hall–Kier alpha value is -1.57. The first-order valence-electron chi connectivity index (χ1n) is 7.28. The van der Waals surface area contributed by atoms with Crippen molar-refractivity contribution in [2.24, 2.45) is 5.11 Å². The van der Waals surface area contributed by atoms with E-state index in [-0.39, 0.29) is 5.12 Å². The van der Waals surface area contributed by atoms with Gasteiger partial charge in [-0.2, -0.15) is 0 Å². The number of nitrogens with zero attached hydrogens (tertiary/aromatic N) is 3. The topological polar surface area (TPSA) is 93.5 Å². The Morgan fingerprint density at radius 3 is 2.78 bits per heavy atom. The highest BCUT2D eigenvalue weighted by atomic mass is 32.2. The van der Waals surface area contributed by atoms with E-state index in [2.05, 4.69) is 10.0 Å². The molecule has 1 aromatic rings. The number of carbonyl (C=O) groups excluding carboxylic acids is 1. The van der Waals surface area contributed by atoms with E-state index in [1.54, 1.807) is 26.0 Å². The Morgan fingerprint density at radius 1 is 1.35 bits per heavy atom. The van der Waals surface area contributed by atoms with Crippen LogP contribution in [0, 0.1) is 0 Å². The summed E-state index contributed by atoms with van der Waals surface area (Å²) in [5.41, 5.74) is 9.41. The van der Waals surface area contributed by atoms with Gasteiger partial charge in [-0.3, -0.25) is 4.79 Å². The van der Waals surface area contributed by atoms with Crippen molar-refractivity contribution in [3.8, 4) is 0 Å². The summed E-state index contributed by atoms with van der Waals surface area (Å²) < 4.78 is 17.2. The second kappa shape index (κ2) is 6.51. The monoisotopic (exact) mass is 335 g/mol. The third-order valence-corrected chi connectivity index (χ3v) is 4.68. The van der Waals surface area contributed by atoms with Crippen LogP contribution in [0.4, 0.5) is 0 Å². The van der Waals surface area contributed by atoms with Crippen LogP contribution < -0.4 is 0 Å². The van der Waals surface area contributed by atoms with Crippen LogP contribution in [0.5, 0.6) is 0 Å². The van der Waals surface area contributed by atoms with Gasteiger partial charge in [-0.1, -0.05) is 47.2 Å². The average molecular weight is 335 g/mol. The molecule has 4 atom stereocenters. The lowest BCUT2D eigenvalue weighted by atomic mass is 10.1. The molecule has 2 aliphatic rings. The average Bonchev–Trinajstić information content (AvgIpc) is 2.99. The predicted octanol–water partition coefficient (Wildman–Crippen LogP) is 3.12. The highest BCUT2D eigenvalue weighted by molar-refractivity contribution is 8.14. The molecule has 23 heavy (non-hydrogen) atoms. The molecule has 0 N–H and O–H groups in total. The van der Waals surface area contributed by atoms with Gasteiger partial charge < -0.3 is 14.2 Å². The lowest BCUT2D eigenvalue weighted by Crippen LogP contribution is -2.34. The normalized spacial score (nSPS) is 31.4. The molecule has 2 fully saturated rings. The number of ether oxygens (including phenoxy) is 3. The van der Waals surface area contributed by atoms with Gasteiger partial charge in [0, 0.05) is 16.2 Å². The zero-order valence-corrected chi connectivity index (χ0v) is 13.6. The second-order valence-corrected chi connectivity index (χ2v) is 6.80. The Kier molecular flexibility index (Phi) is 4.61. The lowest BCUT2D eigenvalue weighted by molar-refractivity contribution is -0.203. The van der Waals surface area contributed by atoms with Crippen LogP contribution in [0.25, 0.3) is 10.4 Å². The fourth-order valence-electron chi connectivity index (χ4n) is 2.71. The molecule has 0 radical (unpaired) electrons. The van der Waals surface area contributed by atoms with E-state index in [0.717, 1.165) is 11.8 Å². The van der Waals surface area contributed by atoms with Gasteiger partial charge in [-0.05, 0) is 19.4 Å². The van der Waals surface area contributed by atoms with Crippen LogP contribution in [0.1, 0.15) is 24.2 Å². The third kappa shape index (κ3) is 3.52. The molecule has 3 rings (SSSR count). The van der Waals surface area contributed by atoms with Crippen molar-refractivity contribution in [1.82, 2.24) is 0 Å². The highest BCUT2D eigenvalue weighted by Crippen LogP contribution is 2.39. The first-order chi connectivity index (χ1) is 11.0. The Labute approximate surface area is 137 Å². The van der Waals surface area contributed by atoms with E-state index >= 15 is 0 Å². The molecular formula is C15H17N3O4S. The molecule has 0 aromatic heterocycles. The highest BCUT2D eigenvalue weighted by Gasteiger charge is 2.54. The molecule has 122 valence electrons. The molecule has 0 aliphatic carbocycles. The number of thioether (sulfide) groups is 1. The van der Waals surface area contributed by atoms with Gasteiger partial charge in [0.1, 0.15) is 6.10 Å². The molecule has 1 unspecified atom stereocenters. The fourth-order valence-corrected chi connectivity index (χ4v) is 3.61. The molecule has 1 aromatic carbocycles. The van der Waals surface area contributed by atoms with Crippen LogP contribution in [0.15, 0.2) is 35.4 Å². The summed E-state index contributed by atoms with van der Waals surface area (Å²) in [6.45, 7) is 3.56. The Bertz CT molecular complexity index is 633. The summed E-state index contributed by atoms with van der Waals surface area (Å²) in [5.74, 6) is -0.395. The zero-order chi connectivity index (χ0) is 16.4. The number of hydrogen-bond donors (Lipinski definition) is 0. The van der Waals surface area contributed by atoms with Crippen molar-refractivity contribution in [3.63, 3.8) is 0 Å². The number of carbonyl (C=O) groups is 1. The maximum Gasteiger partial charge on any atom is 0.219 e. The minimum atomic E-state index is -0.767. The SMILES string of the molecule is CC1(C)OC2O[C@H](CSC(=O)c3ccccc3)[C@H](N=[N+]=[N-])[C@H]2O1. The fraction of sp³-hybridized carbons (Fsp3) is 0.533. The van der Waals surface area contributed by atoms with Gasteiger partial charge in [0.05, 0.1) is 12.1 Å². The van der Waals surface area contributed by atoms with E-state index in [4.69, 9.17) is 19.7 Å². The maximum absolute atomic E-state index is 12.2. The maximum atomic E-state index is 12.2. The van der Waals surface area contributed by atoms with Crippen molar-refractivity contribution in [3.05, 3.63) is 46.3 Å². The van der Waals surface area contributed by atoms with E-state index < -0.39 is 30.3 Å². The quantitative estimate of drug-likeness (QED) is 0.479. The van der Waals surface area contributed by atoms with E-state index in [9.17, 15) is 4.79 Å². The number of fused-ring (bicyclic) bond motifs is 1. The molecule has 2 aliphatic heterocycles. The molecule has 0 bridgehead atoms. The van der Waals surface area contributed by atoms with E-state index in [1.807, 2.05) is 18.2 Å². The zero-order valence-electron chi connectivity index (χ0n) is 12.8. The summed E-state index contributed by atoms with van der Waals surface area (Å²) in [4.78, 5) is 15.0. The van der Waals surface area contributed by atoms with Crippen LogP contribution in [0.2, 0.25) is 0 Å². The molecule has 0 spiro atoms. The van der Waals surface area contributed by atoms with Gasteiger partial charge in [0.2, 0.25) is 5.12 Å². The van der Waals surface area contributed by atoms with Crippen LogP contribution >= 0.6 is 11.8 Å². The minimum Gasteiger partial charge on any atom is -0.345 e. The van der Waals surface area contributed by atoms with E-state index in [1.165, 1.54) is 0 Å². The Balaban J connectivity index is 1.64. The van der Waals surface area contributed by atoms with Crippen molar-refractivity contribution in [2.45, 2.75) is 44.2 Å². The molecule has 2 heterocycles. The first-order valence-corrected chi connectivity index (χ1v) is 8.26. The molecule has 0 saturated carbocycles. The van der Waals surface area contributed by atoms with Crippen molar-refractivity contribution in [1.29, 1.82) is 0 Å². The van der Waals surface area contributed by atoms with Crippen molar-refractivity contribution < 1.29 is 19.0 Å². The first kappa shape index (κ1) is 16.3. The van der Waals surface area contributed by atoms with Gasteiger partial charge in [-0.15, -0.1) is 0 Å². The van der Waals surface area contributed by atoms with Crippen molar-refractivity contribution in [2.75, 3.05) is 5.75 Å². The number of rotatable bonds is 4. The lowest BCUT2D eigenvalue weighted by Gasteiger charge is -2.22. The molecule has 2 saturated heterocycles. The minimum absolute atomic E-state index is 0.0480. The summed E-state index contributed by atoms with van der Waals surface area (Å²) in [7, 11) is 0. The van der Waals surface area contributed by atoms with E-state index in [0.29, 0.717) is 11.3 Å². The number of benzene rings is 1. The van der Waals surface area contributed by atoms with Gasteiger partial charge >= 0.3 is 0 Å². The van der Waals surface area contributed by atoms with Crippen LogP contribution in [-0.4, -0.2) is 41.2 Å². The van der Waals surface area contributed by atoms with Gasteiger partial charge in [-0.25, -0.2) is 0 Å². The summed E-state index contributed by atoms with van der Waals surface area (Å²) in [5, 5.41) is 3.74. The molecule has 0 amide bonds. The number of hydrogen-bond acceptors (Lipinski definition) is 6. The van der Waals surface area contributed by atoms with Crippen molar-refractivity contribution >= 4 is 16.9 Å². The van der Waals surface area contributed by atoms with Gasteiger partial charge in [0.15, 0.2) is 12.1 Å². The smallest absolute Gasteiger partial charge is 0.219 e. The summed E-state index contributed by atoms with van der Waals surface area (Å²) in [6, 6.07) is 8.51. The van der Waals surface area contributed by atoms with Crippen LogP contribution in [0.3, 0.4) is 0 Å². The molecule has 8 heteroatoms. The van der Waals surface area contributed by atoms with Gasteiger partial charge in [0.25, 0.3) is 0 Å². The Morgan fingerprint density at radius 2 is 2.09 bits per heavy atom. The third-order valence-electron chi connectivity index (χ3n) is 3.69. The second-order valence-electron chi connectivity index (χ2n) is 5.80. The largest absolute Gasteiger partial charge is 0.345 e.